The smallest absolute Gasteiger partial charge is 0.0624 e. The van der Waals surface area contributed by atoms with Gasteiger partial charge in [0.2, 0.25) is 0 Å². The maximum absolute atomic E-state index is 9.93. The Morgan fingerprint density at radius 2 is 2.07 bits per heavy atom. The minimum absolute atomic E-state index is 0.0963. The average Bonchev–Trinajstić information content (AvgIpc) is 2.41. The topological polar surface area (TPSA) is 40.5 Å². The van der Waals surface area contributed by atoms with Gasteiger partial charge in [-0.1, -0.05) is 18.6 Å². The lowest BCUT2D eigenvalue weighted by molar-refractivity contribution is -0.0146. The van der Waals surface area contributed by atoms with E-state index in [1.165, 1.54) is 5.57 Å². The van der Waals surface area contributed by atoms with Gasteiger partial charge in [0.25, 0.3) is 0 Å². The van der Waals surface area contributed by atoms with E-state index < -0.39 is 0 Å². The fourth-order valence-corrected chi connectivity index (χ4v) is 2.37. The molecular formula is C12H22O2. The third-order valence-corrected chi connectivity index (χ3v) is 3.70. The molecule has 0 amide bonds. The van der Waals surface area contributed by atoms with Crippen LogP contribution in [0.2, 0.25) is 0 Å². The van der Waals surface area contributed by atoms with Crippen LogP contribution in [-0.4, -0.2) is 22.9 Å². The van der Waals surface area contributed by atoms with Crippen LogP contribution in [0.25, 0.3) is 0 Å². The van der Waals surface area contributed by atoms with Crippen molar-refractivity contribution in [2.45, 2.75) is 46.1 Å². The molecule has 0 radical (unpaired) electrons. The van der Waals surface area contributed by atoms with E-state index in [1.54, 1.807) is 0 Å². The summed E-state index contributed by atoms with van der Waals surface area (Å²) in [6, 6.07) is 0. The highest BCUT2D eigenvalue weighted by molar-refractivity contribution is 5.04. The average molecular weight is 198 g/mol. The quantitative estimate of drug-likeness (QED) is 0.682. The van der Waals surface area contributed by atoms with Crippen molar-refractivity contribution in [3.05, 3.63) is 11.6 Å². The van der Waals surface area contributed by atoms with Gasteiger partial charge in [0.1, 0.15) is 0 Å². The summed E-state index contributed by atoms with van der Waals surface area (Å²) in [5.41, 5.74) is 0.973. The van der Waals surface area contributed by atoms with Crippen LogP contribution in [0, 0.1) is 11.3 Å². The number of aliphatic hydroxyl groups excluding tert-OH is 2. The Labute approximate surface area is 86.6 Å². The molecule has 0 aromatic carbocycles. The Hall–Kier alpha value is -0.340. The SMILES string of the molecule is CC(C)=CC[C@@]1(CO)[C@H](C)CC[C@@H]1O. The normalized spacial score (nSPS) is 37.2. The fourth-order valence-electron chi connectivity index (χ4n) is 2.37. The van der Waals surface area contributed by atoms with Gasteiger partial charge in [-0.2, -0.15) is 0 Å². The summed E-state index contributed by atoms with van der Waals surface area (Å²) in [6.45, 7) is 6.33. The first-order valence-corrected chi connectivity index (χ1v) is 5.45. The molecule has 3 atom stereocenters. The van der Waals surface area contributed by atoms with E-state index in [9.17, 15) is 10.2 Å². The van der Waals surface area contributed by atoms with Crippen molar-refractivity contribution in [3.8, 4) is 0 Å². The van der Waals surface area contributed by atoms with Crippen molar-refractivity contribution < 1.29 is 10.2 Å². The van der Waals surface area contributed by atoms with E-state index in [1.807, 2.05) is 0 Å². The molecule has 0 heterocycles. The first-order valence-electron chi connectivity index (χ1n) is 5.45. The zero-order valence-corrected chi connectivity index (χ0v) is 9.45. The summed E-state index contributed by atoms with van der Waals surface area (Å²) in [5.74, 6) is 0.415. The summed E-state index contributed by atoms with van der Waals surface area (Å²) >= 11 is 0. The van der Waals surface area contributed by atoms with Crippen molar-refractivity contribution in [2.75, 3.05) is 6.61 Å². The number of hydrogen-bond donors (Lipinski definition) is 2. The molecule has 0 bridgehead atoms. The summed E-state index contributed by atoms with van der Waals surface area (Å²) in [5, 5.41) is 19.4. The van der Waals surface area contributed by atoms with Crippen LogP contribution < -0.4 is 0 Å². The molecule has 14 heavy (non-hydrogen) atoms. The summed E-state index contributed by atoms with van der Waals surface area (Å²) < 4.78 is 0. The van der Waals surface area contributed by atoms with Crippen molar-refractivity contribution >= 4 is 0 Å². The lowest BCUT2D eigenvalue weighted by atomic mass is 9.75. The molecule has 2 nitrogen and oxygen atoms in total. The maximum Gasteiger partial charge on any atom is 0.0624 e. The Balaban J connectivity index is 2.79. The van der Waals surface area contributed by atoms with Crippen LogP contribution in [0.5, 0.6) is 0 Å². The van der Waals surface area contributed by atoms with Crippen LogP contribution in [-0.2, 0) is 0 Å². The molecule has 2 N–H and O–H groups in total. The number of rotatable bonds is 3. The third kappa shape index (κ3) is 2.01. The molecule has 2 heteroatoms. The molecule has 0 spiro atoms. The Bertz CT molecular complexity index is 206. The van der Waals surface area contributed by atoms with Crippen molar-refractivity contribution in [2.24, 2.45) is 11.3 Å². The molecule has 82 valence electrons. The van der Waals surface area contributed by atoms with Crippen LogP contribution in [0.4, 0.5) is 0 Å². The first kappa shape index (κ1) is 11.7. The zero-order valence-electron chi connectivity index (χ0n) is 9.45. The lowest BCUT2D eigenvalue weighted by Gasteiger charge is -2.34. The van der Waals surface area contributed by atoms with Crippen molar-refractivity contribution in [3.63, 3.8) is 0 Å². The van der Waals surface area contributed by atoms with E-state index >= 15 is 0 Å². The largest absolute Gasteiger partial charge is 0.396 e. The number of hydrogen-bond acceptors (Lipinski definition) is 2. The molecule has 1 aliphatic carbocycles. The first-order chi connectivity index (χ1) is 6.53. The van der Waals surface area contributed by atoms with Gasteiger partial charge in [-0.3, -0.25) is 0 Å². The van der Waals surface area contributed by atoms with Crippen molar-refractivity contribution in [1.82, 2.24) is 0 Å². The van der Waals surface area contributed by atoms with Gasteiger partial charge in [-0.05, 0) is 39.0 Å². The predicted octanol–water partition coefficient (Wildman–Crippen LogP) is 2.11. The predicted molar refractivity (Wildman–Crippen MR) is 58.0 cm³/mol. The second-order valence-corrected chi connectivity index (χ2v) is 4.87. The van der Waals surface area contributed by atoms with E-state index in [0.717, 1.165) is 19.3 Å². The molecule has 1 rings (SSSR count). The van der Waals surface area contributed by atoms with Gasteiger partial charge >= 0.3 is 0 Å². The molecule has 1 aliphatic rings. The van der Waals surface area contributed by atoms with E-state index in [-0.39, 0.29) is 18.1 Å². The minimum Gasteiger partial charge on any atom is -0.396 e. The van der Waals surface area contributed by atoms with Crippen molar-refractivity contribution in [1.29, 1.82) is 0 Å². The molecule has 0 aromatic heterocycles. The molecule has 0 aromatic rings. The van der Waals surface area contributed by atoms with Crippen LogP contribution >= 0.6 is 0 Å². The highest BCUT2D eigenvalue weighted by Gasteiger charge is 2.46. The van der Waals surface area contributed by atoms with E-state index in [0.29, 0.717) is 5.92 Å². The molecule has 0 unspecified atom stereocenters. The van der Waals surface area contributed by atoms with Gasteiger partial charge < -0.3 is 10.2 Å². The van der Waals surface area contributed by atoms with Gasteiger partial charge in [-0.25, -0.2) is 0 Å². The lowest BCUT2D eigenvalue weighted by Crippen LogP contribution is -2.37. The molecule has 0 saturated heterocycles. The molecule has 0 aliphatic heterocycles. The number of allylic oxidation sites excluding steroid dienone is 2. The highest BCUT2D eigenvalue weighted by Crippen LogP contribution is 2.46. The third-order valence-electron chi connectivity index (χ3n) is 3.70. The van der Waals surface area contributed by atoms with Crippen LogP contribution in [0.3, 0.4) is 0 Å². The Morgan fingerprint density at radius 1 is 1.43 bits per heavy atom. The summed E-state index contributed by atoms with van der Waals surface area (Å²) in [6.07, 6.45) is 4.45. The Morgan fingerprint density at radius 3 is 2.43 bits per heavy atom. The summed E-state index contributed by atoms with van der Waals surface area (Å²) in [7, 11) is 0. The number of aliphatic hydroxyl groups is 2. The standard InChI is InChI=1S/C12H22O2/c1-9(2)6-7-12(8-13)10(3)4-5-11(12)14/h6,10-11,13-14H,4-5,7-8H2,1-3H3/t10-,11+,12-/m1/s1. The van der Waals surface area contributed by atoms with Gasteiger partial charge in [0, 0.05) is 5.41 Å². The zero-order chi connectivity index (χ0) is 10.8. The molecule has 1 saturated carbocycles. The summed E-state index contributed by atoms with van der Waals surface area (Å²) in [4.78, 5) is 0. The Kier molecular flexibility index (Phi) is 3.73. The van der Waals surface area contributed by atoms with E-state index in [4.69, 9.17) is 0 Å². The van der Waals surface area contributed by atoms with Gasteiger partial charge in [0.05, 0.1) is 12.7 Å². The second-order valence-electron chi connectivity index (χ2n) is 4.87. The second kappa shape index (κ2) is 4.45. The monoisotopic (exact) mass is 198 g/mol. The molecule has 1 fully saturated rings. The maximum atomic E-state index is 9.93. The highest BCUT2D eigenvalue weighted by atomic mass is 16.3. The van der Waals surface area contributed by atoms with Gasteiger partial charge in [-0.15, -0.1) is 0 Å². The minimum atomic E-state index is -0.335. The molecular weight excluding hydrogens is 176 g/mol. The van der Waals surface area contributed by atoms with Crippen LogP contribution in [0.15, 0.2) is 11.6 Å². The van der Waals surface area contributed by atoms with E-state index in [2.05, 4.69) is 26.8 Å². The van der Waals surface area contributed by atoms with Gasteiger partial charge in [0.15, 0.2) is 0 Å². The fraction of sp³-hybridized carbons (Fsp3) is 0.833. The van der Waals surface area contributed by atoms with Crippen LogP contribution in [0.1, 0.15) is 40.0 Å².